The molecule has 1 atom stereocenters. The van der Waals surface area contributed by atoms with Crippen molar-refractivity contribution in [2.24, 2.45) is 0 Å². The molecule has 0 bridgehead atoms. The number of nitrogens with zero attached hydrogens (tertiary/aromatic N) is 1. The lowest BCUT2D eigenvalue weighted by Crippen LogP contribution is -2.31. The fourth-order valence-corrected chi connectivity index (χ4v) is 3.21. The number of rotatable bonds is 8. The number of ether oxygens (including phenoxy) is 3. The van der Waals surface area contributed by atoms with E-state index in [4.69, 9.17) is 14.2 Å². The Morgan fingerprint density at radius 1 is 1.17 bits per heavy atom. The minimum atomic E-state index is -1.13. The Bertz CT molecular complexity index is 974. The number of methoxy groups -OCH3 is 1. The summed E-state index contributed by atoms with van der Waals surface area (Å²) in [4.78, 5) is 34.7. The molecular formula is C21H22N2O7. The number of carbonyl (C=O) groups is 2. The molecule has 0 aliphatic heterocycles. The van der Waals surface area contributed by atoms with Crippen molar-refractivity contribution in [1.82, 2.24) is 0 Å². The number of non-ortho nitro benzene ring substituents is 1. The van der Waals surface area contributed by atoms with Crippen molar-refractivity contribution in [2.75, 3.05) is 19.0 Å². The van der Waals surface area contributed by atoms with Crippen LogP contribution < -0.4 is 14.8 Å². The average molecular weight is 414 g/mol. The second kappa shape index (κ2) is 9.25. The van der Waals surface area contributed by atoms with E-state index in [1.807, 2.05) is 18.2 Å². The number of esters is 1. The first-order valence-corrected chi connectivity index (χ1v) is 9.44. The van der Waals surface area contributed by atoms with Crippen molar-refractivity contribution in [3.05, 3.63) is 57.6 Å². The molecule has 0 fully saturated rings. The molecule has 2 aromatic rings. The number of nitro benzene ring substituents is 1. The average Bonchev–Trinajstić information content (AvgIpc) is 3.20. The maximum Gasteiger partial charge on any atom is 0.344 e. The Morgan fingerprint density at radius 2 is 1.93 bits per heavy atom. The van der Waals surface area contributed by atoms with Gasteiger partial charge in [-0.3, -0.25) is 14.9 Å². The Labute approximate surface area is 173 Å². The number of hydrogen-bond donors (Lipinski definition) is 1. The first-order chi connectivity index (χ1) is 14.4. The van der Waals surface area contributed by atoms with E-state index in [2.05, 4.69) is 5.32 Å². The molecule has 158 valence electrons. The Balaban J connectivity index is 1.54. The van der Waals surface area contributed by atoms with E-state index in [0.29, 0.717) is 5.75 Å². The fourth-order valence-electron chi connectivity index (χ4n) is 3.21. The van der Waals surface area contributed by atoms with E-state index >= 15 is 0 Å². The minimum absolute atomic E-state index is 0.106. The number of aryl methyl sites for hydroxylation is 2. The van der Waals surface area contributed by atoms with Crippen LogP contribution in [-0.4, -0.2) is 36.6 Å². The van der Waals surface area contributed by atoms with E-state index in [1.54, 1.807) is 0 Å². The van der Waals surface area contributed by atoms with Crippen molar-refractivity contribution in [3.63, 3.8) is 0 Å². The third-order valence-electron chi connectivity index (χ3n) is 4.76. The lowest BCUT2D eigenvalue weighted by atomic mass is 10.1. The highest BCUT2D eigenvalue weighted by Gasteiger charge is 2.21. The van der Waals surface area contributed by atoms with Crippen LogP contribution in [0.2, 0.25) is 0 Å². The van der Waals surface area contributed by atoms with E-state index in [0.717, 1.165) is 19.3 Å². The number of fused-ring (bicyclic) bond motifs is 1. The highest BCUT2D eigenvalue weighted by molar-refractivity contribution is 5.96. The number of hydrogen-bond acceptors (Lipinski definition) is 7. The highest BCUT2D eigenvalue weighted by Crippen LogP contribution is 2.29. The summed E-state index contributed by atoms with van der Waals surface area (Å²) in [6.07, 6.45) is 2.03. The van der Waals surface area contributed by atoms with Gasteiger partial charge in [0.1, 0.15) is 11.5 Å². The summed E-state index contributed by atoms with van der Waals surface area (Å²) in [5, 5.41) is 13.4. The first kappa shape index (κ1) is 21.1. The molecule has 1 amide bonds. The summed E-state index contributed by atoms with van der Waals surface area (Å²) in [7, 11) is 1.37. The second-order valence-corrected chi connectivity index (χ2v) is 6.84. The van der Waals surface area contributed by atoms with Gasteiger partial charge in [-0.15, -0.1) is 0 Å². The van der Waals surface area contributed by atoms with Crippen LogP contribution in [0.4, 0.5) is 11.4 Å². The van der Waals surface area contributed by atoms with Gasteiger partial charge in [-0.05, 0) is 55.5 Å². The van der Waals surface area contributed by atoms with Gasteiger partial charge in [0.2, 0.25) is 0 Å². The predicted molar refractivity (Wildman–Crippen MR) is 108 cm³/mol. The van der Waals surface area contributed by atoms with Gasteiger partial charge >= 0.3 is 5.97 Å². The lowest BCUT2D eigenvalue weighted by Gasteiger charge is -2.15. The number of nitrogens with one attached hydrogen (secondary N) is 1. The SMILES string of the molecule is COc1ccc([N+](=O)[O-])cc1NC(=O)[C@H](C)OC(=O)COc1ccc2c(c1)CCC2. The number of anilines is 1. The maximum atomic E-state index is 12.3. The molecule has 0 heterocycles. The van der Waals surface area contributed by atoms with Crippen LogP contribution in [0.15, 0.2) is 36.4 Å². The molecule has 0 saturated heterocycles. The third-order valence-corrected chi connectivity index (χ3v) is 4.76. The molecule has 1 aliphatic carbocycles. The van der Waals surface area contributed by atoms with Crippen LogP contribution >= 0.6 is 0 Å². The number of benzene rings is 2. The van der Waals surface area contributed by atoms with Crippen LogP contribution in [-0.2, 0) is 27.2 Å². The Kier molecular flexibility index (Phi) is 6.51. The largest absolute Gasteiger partial charge is 0.495 e. The summed E-state index contributed by atoms with van der Waals surface area (Å²) in [6.45, 7) is 1.06. The molecule has 2 aromatic carbocycles. The van der Waals surface area contributed by atoms with Crippen molar-refractivity contribution in [1.29, 1.82) is 0 Å². The zero-order chi connectivity index (χ0) is 21.7. The molecule has 30 heavy (non-hydrogen) atoms. The molecule has 1 aliphatic rings. The van der Waals surface area contributed by atoms with Gasteiger partial charge in [-0.2, -0.15) is 0 Å². The summed E-state index contributed by atoms with van der Waals surface area (Å²) in [6, 6.07) is 9.51. The van der Waals surface area contributed by atoms with E-state index in [-0.39, 0.29) is 23.7 Å². The van der Waals surface area contributed by atoms with Gasteiger partial charge in [0.15, 0.2) is 12.7 Å². The minimum Gasteiger partial charge on any atom is -0.495 e. The highest BCUT2D eigenvalue weighted by atomic mass is 16.6. The molecular weight excluding hydrogens is 392 g/mol. The van der Waals surface area contributed by atoms with Crippen LogP contribution in [0.5, 0.6) is 11.5 Å². The van der Waals surface area contributed by atoms with Gasteiger partial charge in [0, 0.05) is 12.1 Å². The van der Waals surface area contributed by atoms with E-state index in [1.165, 1.54) is 43.4 Å². The van der Waals surface area contributed by atoms with E-state index < -0.39 is 22.9 Å². The van der Waals surface area contributed by atoms with Gasteiger partial charge < -0.3 is 19.5 Å². The van der Waals surface area contributed by atoms with Gasteiger partial charge in [-0.25, -0.2) is 4.79 Å². The molecule has 1 N–H and O–H groups in total. The molecule has 0 spiro atoms. The quantitative estimate of drug-likeness (QED) is 0.401. The number of nitro groups is 1. The number of amides is 1. The van der Waals surface area contributed by atoms with Gasteiger partial charge in [0.25, 0.3) is 11.6 Å². The predicted octanol–water partition coefficient (Wildman–Crippen LogP) is 3.04. The summed E-state index contributed by atoms with van der Waals surface area (Å²) < 4.78 is 15.7. The zero-order valence-corrected chi connectivity index (χ0v) is 16.7. The van der Waals surface area contributed by atoms with Crippen molar-refractivity contribution in [2.45, 2.75) is 32.3 Å². The van der Waals surface area contributed by atoms with E-state index in [9.17, 15) is 19.7 Å². The number of carbonyl (C=O) groups excluding carboxylic acids is 2. The van der Waals surface area contributed by atoms with Crippen molar-refractivity contribution >= 4 is 23.3 Å². The second-order valence-electron chi connectivity index (χ2n) is 6.84. The Morgan fingerprint density at radius 3 is 2.67 bits per heavy atom. The first-order valence-electron chi connectivity index (χ1n) is 9.44. The van der Waals surface area contributed by atoms with Crippen molar-refractivity contribution in [3.8, 4) is 11.5 Å². The topological polar surface area (TPSA) is 117 Å². The third kappa shape index (κ3) is 5.05. The van der Waals surface area contributed by atoms with Gasteiger partial charge in [-0.1, -0.05) is 6.07 Å². The lowest BCUT2D eigenvalue weighted by molar-refractivity contribution is -0.384. The zero-order valence-electron chi connectivity index (χ0n) is 16.7. The fraction of sp³-hybridized carbons (Fsp3) is 0.333. The molecule has 9 heteroatoms. The normalized spacial score (nSPS) is 13.1. The van der Waals surface area contributed by atoms with Crippen molar-refractivity contribution < 1.29 is 28.7 Å². The Hall–Kier alpha value is -3.62. The summed E-state index contributed by atoms with van der Waals surface area (Å²) in [5.74, 6) is -0.540. The molecule has 9 nitrogen and oxygen atoms in total. The smallest absolute Gasteiger partial charge is 0.344 e. The molecule has 0 aromatic heterocycles. The van der Waals surface area contributed by atoms with Crippen LogP contribution in [0.25, 0.3) is 0 Å². The van der Waals surface area contributed by atoms with Gasteiger partial charge in [0.05, 0.1) is 17.7 Å². The van der Waals surface area contributed by atoms with Crippen LogP contribution in [0.3, 0.4) is 0 Å². The van der Waals surface area contributed by atoms with Crippen LogP contribution in [0, 0.1) is 10.1 Å². The monoisotopic (exact) mass is 414 g/mol. The molecule has 0 saturated carbocycles. The maximum absolute atomic E-state index is 12.3. The standard InChI is InChI=1S/C21H22N2O7/c1-13(21(25)22-18-11-16(23(26)27)7-9-19(18)28-2)30-20(24)12-29-17-8-6-14-4-3-5-15(14)10-17/h6-11,13H,3-5,12H2,1-2H3,(H,22,25)/t13-/m0/s1. The van der Waals surface area contributed by atoms with Crippen LogP contribution in [0.1, 0.15) is 24.5 Å². The summed E-state index contributed by atoms with van der Waals surface area (Å²) in [5.41, 5.74) is 2.42. The molecule has 0 unspecified atom stereocenters. The summed E-state index contributed by atoms with van der Waals surface area (Å²) >= 11 is 0. The molecule has 0 radical (unpaired) electrons. The molecule has 3 rings (SSSR count).